The Labute approximate surface area is 69.8 Å². The van der Waals surface area contributed by atoms with E-state index in [2.05, 4.69) is 6.92 Å². The molecular weight excluding hydrogens is 144 g/mol. The van der Waals surface area contributed by atoms with Crippen LogP contribution in [0, 0.1) is 17.8 Å². The zero-order valence-corrected chi connectivity index (χ0v) is 7.49. The van der Waals surface area contributed by atoms with Crippen LogP contribution in [0.4, 0.5) is 0 Å². The first-order valence-electron chi connectivity index (χ1n) is 4.40. The Morgan fingerprint density at radius 1 is 1.20 bits per heavy atom. The van der Waals surface area contributed by atoms with Crippen LogP contribution in [-0.2, 0) is 0 Å². The second kappa shape index (κ2) is 3.13. The van der Waals surface area contributed by atoms with Crippen molar-refractivity contribution in [2.24, 2.45) is 17.8 Å². The number of hydrogen-bond acceptors (Lipinski definition) is 0. The van der Waals surface area contributed by atoms with Gasteiger partial charge in [-0.15, -0.1) is 12.4 Å². The van der Waals surface area contributed by atoms with Gasteiger partial charge in [0.2, 0.25) is 0 Å². The molecule has 2 saturated carbocycles. The lowest BCUT2D eigenvalue weighted by molar-refractivity contribution is 0.324. The molecule has 0 aliphatic heterocycles. The highest BCUT2D eigenvalue weighted by molar-refractivity contribution is 5.85. The van der Waals surface area contributed by atoms with E-state index in [4.69, 9.17) is 0 Å². The van der Waals surface area contributed by atoms with E-state index in [0.29, 0.717) is 0 Å². The average molecular weight is 161 g/mol. The van der Waals surface area contributed by atoms with Gasteiger partial charge in [0, 0.05) is 0 Å². The fraction of sp³-hybridized carbons (Fsp3) is 1.00. The van der Waals surface area contributed by atoms with Crippen molar-refractivity contribution in [3.63, 3.8) is 0 Å². The number of halogens is 1. The summed E-state index contributed by atoms with van der Waals surface area (Å²) in [5, 5.41) is 0. The number of rotatable bonds is 1. The van der Waals surface area contributed by atoms with Crippen LogP contribution in [0.1, 0.15) is 39.0 Å². The third-order valence-corrected chi connectivity index (χ3v) is 3.41. The molecule has 2 aliphatic carbocycles. The molecule has 3 unspecified atom stereocenters. The highest BCUT2D eigenvalue weighted by atomic mass is 35.5. The second-order valence-electron chi connectivity index (χ2n) is 3.84. The second-order valence-corrected chi connectivity index (χ2v) is 3.84. The molecular formula is C9H17Cl. The summed E-state index contributed by atoms with van der Waals surface area (Å²) in [5.41, 5.74) is 0. The maximum Gasteiger partial charge on any atom is -0.0383 e. The van der Waals surface area contributed by atoms with E-state index in [1.54, 1.807) is 25.7 Å². The molecule has 0 nitrogen and oxygen atoms in total. The van der Waals surface area contributed by atoms with Crippen LogP contribution in [0.5, 0.6) is 0 Å². The van der Waals surface area contributed by atoms with Gasteiger partial charge in [-0.3, -0.25) is 0 Å². The third-order valence-electron chi connectivity index (χ3n) is 3.41. The Kier molecular flexibility index (Phi) is 2.62. The van der Waals surface area contributed by atoms with E-state index >= 15 is 0 Å². The van der Waals surface area contributed by atoms with Gasteiger partial charge in [0.15, 0.2) is 0 Å². The van der Waals surface area contributed by atoms with Crippen LogP contribution in [-0.4, -0.2) is 0 Å². The van der Waals surface area contributed by atoms with Crippen molar-refractivity contribution in [3.05, 3.63) is 0 Å². The average Bonchev–Trinajstić information content (AvgIpc) is 2.45. The zero-order chi connectivity index (χ0) is 6.27. The van der Waals surface area contributed by atoms with Gasteiger partial charge in [-0.1, -0.05) is 19.8 Å². The van der Waals surface area contributed by atoms with Gasteiger partial charge in [0.1, 0.15) is 0 Å². The molecule has 2 fully saturated rings. The fourth-order valence-electron chi connectivity index (χ4n) is 2.88. The van der Waals surface area contributed by atoms with Gasteiger partial charge in [0.05, 0.1) is 0 Å². The molecule has 0 amide bonds. The Hall–Kier alpha value is 0.290. The Morgan fingerprint density at radius 2 is 2.00 bits per heavy atom. The molecule has 0 aromatic heterocycles. The molecule has 0 spiro atoms. The smallest absolute Gasteiger partial charge is 0.0383 e. The molecule has 1 heteroatoms. The van der Waals surface area contributed by atoms with Crippen molar-refractivity contribution in [3.8, 4) is 0 Å². The molecule has 0 saturated heterocycles. The molecule has 0 aromatic rings. The van der Waals surface area contributed by atoms with Crippen molar-refractivity contribution in [2.45, 2.75) is 39.0 Å². The lowest BCUT2D eigenvalue weighted by Crippen LogP contribution is -2.08. The van der Waals surface area contributed by atoms with Gasteiger partial charge in [-0.05, 0) is 37.0 Å². The van der Waals surface area contributed by atoms with E-state index in [9.17, 15) is 0 Å². The maximum absolute atomic E-state index is 2.35. The monoisotopic (exact) mass is 160 g/mol. The van der Waals surface area contributed by atoms with Crippen LogP contribution in [0.25, 0.3) is 0 Å². The van der Waals surface area contributed by atoms with Crippen LogP contribution in [0.15, 0.2) is 0 Å². The Balaban J connectivity index is 0.000000500. The van der Waals surface area contributed by atoms with Crippen molar-refractivity contribution in [1.82, 2.24) is 0 Å². The standard InChI is InChI=1S/C9H16.ClH/c1-2-8-5-7-3-4-9(8)6-7;/h7-9H,2-6H2,1H3;1H. The molecule has 60 valence electrons. The predicted octanol–water partition coefficient (Wildman–Crippen LogP) is 3.25. The molecule has 2 rings (SSSR count). The fourth-order valence-corrected chi connectivity index (χ4v) is 2.88. The molecule has 0 radical (unpaired) electrons. The minimum absolute atomic E-state index is 0. The molecule has 0 N–H and O–H groups in total. The van der Waals surface area contributed by atoms with Crippen LogP contribution < -0.4 is 0 Å². The normalized spacial score (nSPS) is 43.5. The highest BCUT2D eigenvalue weighted by Crippen LogP contribution is 2.49. The summed E-state index contributed by atoms with van der Waals surface area (Å²) in [5.74, 6) is 3.43. The van der Waals surface area contributed by atoms with Crippen molar-refractivity contribution in [1.29, 1.82) is 0 Å². The van der Waals surface area contributed by atoms with Crippen molar-refractivity contribution in [2.75, 3.05) is 0 Å². The van der Waals surface area contributed by atoms with Crippen LogP contribution in [0.3, 0.4) is 0 Å². The van der Waals surface area contributed by atoms with Crippen molar-refractivity contribution >= 4 is 12.4 Å². The molecule has 0 heterocycles. The SMILES string of the molecule is CCC1CC2CCC1C2.Cl. The highest BCUT2D eigenvalue weighted by Gasteiger charge is 2.37. The topological polar surface area (TPSA) is 0 Å². The molecule has 2 bridgehead atoms. The summed E-state index contributed by atoms with van der Waals surface area (Å²) in [6.45, 7) is 2.35. The number of fused-ring (bicyclic) bond motifs is 2. The first-order valence-corrected chi connectivity index (χ1v) is 4.40. The van der Waals surface area contributed by atoms with E-state index in [-0.39, 0.29) is 12.4 Å². The largest absolute Gasteiger partial charge is 0.147 e. The summed E-state index contributed by atoms with van der Waals surface area (Å²) in [7, 11) is 0. The van der Waals surface area contributed by atoms with Gasteiger partial charge < -0.3 is 0 Å². The first kappa shape index (κ1) is 8.39. The van der Waals surface area contributed by atoms with E-state index in [1.165, 1.54) is 6.42 Å². The number of hydrogen-bond donors (Lipinski definition) is 0. The van der Waals surface area contributed by atoms with Crippen LogP contribution in [0.2, 0.25) is 0 Å². The molecule has 2 aliphatic rings. The van der Waals surface area contributed by atoms with Gasteiger partial charge in [0.25, 0.3) is 0 Å². The summed E-state index contributed by atoms with van der Waals surface area (Å²) < 4.78 is 0. The van der Waals surface area contributed by atoms with E-state index in [1.807, 2.05) is 0 Å². The maximum atomic E-state index is 2.35. The predicted molar refractivity (Wildman–Crippen MR) is 46.5 cm³/mol. The van der Waals surface area contributed by atoms with Gasteiger partial charge in [-0.25, -0.2) is 0 Å². The van der Waals surface area contributed by atoms with Gasteiger partial charge >= 0.3 is 0 Å². The first-order chi connectivity index (χ1) is 4.40. The molecule has 0 aromatic carbocycles. The lowest BCUT2D eigenvalue weighted by Gasteiger charge is -2.18. The third kappa shape index (κ3) is 1.18. The Morgan fingerprint density at radius 3 is 2.30 bits per heavy atom. The minimum Gasteiger partial charge on any atom is -0.147 e. The quantitative estimate of drug-likeness (QED) is 0.553. The minimum atomic E-state index is 0. The van der Waals surface area contributed by atoms with Crippen LogP contribution >= 0.6 is 12.4 Å². The molecule has 10 heavy (non-hydrogen) atoms. The summed E-state index contributed by atoms with van der Waals surface area (Å²) >= 11 is 0. The van der Waals surface area contributed by atoms with E-state index in [0.717, 1.165) is 17.8 Å². The summed E-state index contributed by atoms with van der Waals surface area (Å²) in [6.07, 6.45) is 7.71. The zero-order valence-electron chi connectivity index (χ0n) is 6.68. The van der Waals surface area contributed by atoms with E-state index < -0.39 is 0 Å². The van der Waals surface area contributed by atoms with Gasteiger partial charge in [-0.2, -0.15) is 0 Å². The summed E-state index contributed by atoms with van der Waals surface area (Å²) in [6, 6.07) is 0. The summed E-state index contributed by atoms with van der Waals surface area (Å²) in [4.78, 5) is 0. The van der Waals surface area contributed by atoms with Crippen molar-refractivity contribution < 1.29 is 0 Å². The Bertz CT molecular complexity index is 111. The molecule has 3 atom stereocenters. The lowest BCUT2D eigenvalue weighted by atomic mass is 9.87.